The zero-order chi connectivity index (χ0) is 14.8. The van der Waals surface area contributed by atoms with Gasteiger partial charge in [0.05, 0.1) is 0 Å². The number of nitrogens with one attached hydrogen (secondary N) is 1. The number of hydrogen-bond donors (Lipinski definition) is 2. The average Bonchev–Trinajstić information content (AvgIpc) is 2.46. The zero-order valence-corrected chi connectivity index (χ0v) is 13.2. The molecule has 1 aliphatic heterocycles. The topological polar surface area (TPSA) is 101 Å². The molecule has 0 amide bonds. The average molecular weight is 317 g/mol. The summed E-state index contributed by atoms with van der Waals surface area (Å²) in [5.41, 5.74) is 5.69. The van der Waals surface area contributed by atoms with Crippen LogP contribution in [0.15, 0.2) is 6.07 Å². The van der Waals surface area contributed by atoms with E-state index in [-0.39, 0.29) is 11.7 Å². The van der Waals surface area contributed by atoms with Gasteiger partial charge < -0.3 is 16.0 Å². The molecular formula is C11H19N5O2S2. The molecular weight excluding hydrogens is 298 g/mol. The summed E-state index contributed by atoms with van der Waals surface area (Å²) in [6.07, 6.45) is 0. The summed E-state index contributed by atoms with van der Waals surface area (Å²) < 4.78 is 24.5. The lowest BCUT2D eigenvalue weighted by molar-refractivity contribution is 0.579. The molecule has 3 N–H and O–H groups in total. The van der Waals surface area contributed by atoms with E-state index >= 15 is 0 Å². The van der Waals surface area contributed by atoms with Crippen LogP contribution in [-0.4, -0.2) is 54.6 Å². The summed E-state index contributed by atoms with van der Waals surface area (Å²) in [5.74, 6) is 2.82. The van der Waals surface area contributed by atoms with E-state index in [0.29, 0.717) is 23.9 Å². The fourth-order valence-corrected chi connectivity index (χ4v) is 5.04. The Morgan fingerprint density at radius 3 is 2.95 bits per heavy atom. The molecule has 1 fully saturated rings. The Morgan fingerprint density at radius 1 is 1.55 bits per heavy atom. The van der Waals surface area contributed by atoms with Gasteiger partial charge >= 0.3 is 0 Å². The lowest BCUT2D eigenvalue weighted by atomic mass is 10.4. The molecule has 2 heterocycles. The highest BCUT2D eigenvalue weighted by atomic mass is 32.2. The van der Waals surface area contributed by atoms with Crippen LogP contribution in [0.4, 0.5) is 17.6 Å². The second-order valence-corrected chi connectivity index (χ2v) is 7.99. The van der Waals surface area contributed by atoms with E-state index in [9.17, 15) is 8.42 Å². The van der Waals surface area contributed by atoms with Crippen LogP contribution in [0.3, 0.4) is 0 Å². The van der Waals surface area contributed by atoms with Crippen molar-refractivity contribution in [2.24, 2.45) is 0 Å². The highest BCUT2D eigenvalue weighted by molar-refractivity contribution is 8.01. The fourth-order valence-electron chi connectivity index (χ4n) is 2.06. The molecule has 0 bridgehead atoms. The number of sulfone groups is 1. The van der Waals surface area contributed by atoms with Gasteiger partial charge in [0, 0.05) is 36.9 Å². The first-order valence-electron chi connectivity index (χ1n) is 6.36. The van der Waals surface area contributed by atoms with E-state index in [2.05, 4.69) is 15.3 Å². The Labute approximate surface area is 123 Å². The molecule has 9 heteroatoms. The van der Waals surface area contributed by atoms with Gasteiger partial charge in [-0.1, -0.05) is 6.92 Å². The van der Waals surface area contributed by atoms with E-state index in [1.165, 1.54) is 0 Å². The van der Waals surface area contributed by atoms with Gasteiger partial charge in [-0.05, 0) is 0 Å². The number of nitrogen functional groups attached to an aromatic ring is 1. The van der Waals surface area contributed by atoms with Crippen LogP contribution < -0.4 is 16.0 Å². The van der Waals surface area contributed by atoms with Crippen molar-refractivity contribution in [2.75, 3.05) is 46.8 Å². The Morgan fingerprint density at radius 2 is 2.30 bits per heavy atom. The summed E-state index contributed by atoms with van der Waals surface area (Å²) in [5, 5.41) is 2.35. The first kappa shape index (κ1) is 15.2. The van der Waals surface area contributed by atoms with Gasteiger partial charge in [-0.2, -0.15) is 21.7 Å². The van der Waals surface area contributed by atoms with E-state index in [1.54, 1.807) is 31.8 Å². The second-order valence-electron chi connectivity index (χ2n) is 4.39. The molecule has 1 aromatic heterocycles. The lowest BCUT2D eigenvalue weighted by Crippen LogP contribution is -2.48. The molecule has 1 aromatic rings. The summed E-state index contributed by atoms with van der Waals surface area (Å²) in [6, 6.07) is 1.73. The minimum Gasteiger partial charge on any atom is -0.373 e. The number of aromatic nitrogens is 2. The summed E-state index contributed by atoms with van der Waals surface area (Å²) in [7, 11) is -1.43. The molecule has 2 rings (SSSR count). The number of anilines is 3. The molecule has 0 aliphatic carbocycles. The SMILES string of the molecule is CCS(=O)(=O)C1CSCCN1c1cc(NC)nc(N)n1. The molecule has 1 atom stereocenters. The smallest absolute Gasteiger partial charge is 0.223 e. The van der Waals surface area contributed by atoms with E-state index in [0.717, 1.165) is 5.75 Å². The Hall–Kier alpha value is -1.22. The van der Waals surface area contributed by atoms with Crippen molar-refractivity contribution in [3.63, 3.8) is 0 Å². The largest absolute Gasteiger partial charge is 0.373 e. The number of hydrogen-bond acceptors (Lipinski definition) is 8. The van der Waals surface area contributed by atoms with Crippen LogP contribution in [0, 0.1) is 0 Å². The number of nitrogens with two attached hydrogens (primary N) is 1. The van der Waals surface area contributed by atoms with Gasteiger partial charge in [-0.25, -0.2) is 8.42 Å². The predicted octanol–water partition coefficient (Wildman–Crippen LogP) is 0.414. The van der Waals surface area contributed by atoms with Crippen molar-refractivity contribution in [3.05, 3.63) is 6.07 Å². The van der Waals surface area contributed by atoms with Crippen molar-refractivity contribution in [1.82, 2.24) is 9.97 Å². The lowest BCUT2D eigenvalue weighted by Gasteiger charge is -2.35. The van der Waals surface area contributed by atoms with Gasteiger partial charge in [0.25, 0.3) is 0 Å². The number of thioether (sulfide) groups is 1. The summed E-state index contributed by atoms with van der Waals surface area (Å²) in [4.78, 5) is 10.0. The normalized spacial score (nSPS) is 19.9. The number of nitrogens with zero attached hydrogens (tertiary/aromatic N) is 3. The van der Waals surface area contributed by atoms with Crippen LogP contribution in [0.25, 0.3) is 0 Å². The Kier molecular flexibility index (Phi) is 4.59. The van der Waals surface area contributed by atoms with Gasteiger partial charge in [0.15, 0.2) is 9.84 Å². The standard InChI is InChI=1S/C11H19N5O2S2/c1-3-20(17,18)10-7-19-5-4-16(10)9-6-8(13-2)14-11(12)15-9/h6,10H,3-5,7H2,1-2H3,(H3,12,13,14,15). The van der Waals surface area contributed by atoms with Gasteiger partial charge in [0.1, 0.15) is 17.0 Å². The van der Waals surface area contributed by atoms with Gasteiger partial charge in [0.2, 0.25) is 5.95 Å². The highest BCUT2D eigenvalue weighted by Crippen LogP contribution is 2.27. The van der Waals surface area contributed by atoms with Crippen LogP contribution in [0.5, 0.6) is 0 Å². The fraction of sp³-hybridized carbons (Fsp3) is 0.636. The van der Waals surface area contributed by atoms with Crippen molar-refractivity contribution < 1.29 is 8.42 Å². The maximum Gasteiger partial charge on any atom is 0.223 e. The van der Waals surface area contributed by atoms with E-state index in [4.69, 9.17) is 5.73 Å². The van der Waals surface area contributed by atoms with E-state index < -0.39 is 15.2 Å². The number of rotatable bonds is 4. The second kappa shape index (κ2) is 6.04. The maximum absolute atomic E-state index is 12.2. The zero-order valence-electron chi connectivity index (χ0n) is 11.5. The molecule has 112 valence electrons. The Bertz CT molecular complexity index is 578. The predicted molar refractivity (Wildman–Crippen MR) is 83.9 cm³/mol. The molecule has 0 aromatic carbocycles. The Balaban J connectivity index is 2.40. The van der Waals surface area contributed by atoms with Gasteiger partial charge in [-0.15, -0.1) is 0 Å². The molecule has 20 heavy (non-hydrogen) atoms. The van der Waals surface area contributed by atoms with Crippen molar-refractivity contribution in [2.45, 2.75) is 12.3 Å². The monoisotopic (exact) mass is 317 g/mol. The third-order valence-electron chi connectivity index (χ3n) is 3.18. The van der Waals surface area contributed by atoms with Crippen LogP contribution >= 0.6 is 11.8 Å². The maximum atomic E-state index is 12.2. The quantitative estimate of drug-likeness (QED) is 0.823. The van der Waals surface area contributed by atoms with Crippen molar-refractivity contribution >= 4 is 39.2 Å². The molecule has 0 radical (unpaired) electrons. The van der Waals surface area contributed by atoms with Crippen LogP contribution in [-0.2, 0) is 9.84 Å². The minimum absolute atomic E-state index is 0.119. The third-order valence-corrected chi connectivity index (χ3v) is 6.47. The molecule has 7 nitrogen and oxygen atoms in total. The molecule has 0 saturated carbocycles. The van der Waals surface area contributed by atoms with E-state index in [1.807, 2.05) is 4.90 Å². The van der Waals surface area contributed by atoms with Crippen LogP contribution in [0.1, 0.15) is 6.92 Å². The molecule has 0 spiro atoms. The first-order chi connectivity index (χ1) is 9.47. The van der Waals surface area contributed by atoms with Crippen molar-refractivity contribution in [3.8, 4) is 0 Å². The minimum atomic E-state index is -3.17. The third kappa shape index (κ3) is 3.09. The van der Waals surface area contributed by atoms with Gasteiger partial charge in [-0.3, -0.25) is 0 Å². The molecule has 1 aliphatic rings. The summed E-state index contributed by atoms with van der Waals surface area (Å²) >= 11 is 1.65. The van der Waals surface area contributed by atoms with Crippen molar-refractivity contribution in [1.29, 1.82) is 0 Å². The summed E-state index contributed by atoms with van der Waals surface area (Å²) in [6.45, 7) is 2.30. The molecule has 1 unspecified atom stereocenters. The van der Waals surface area contributed by atoms with Crippen LogP contribution in [0.2, 0.25) is 0 Å². The first-order valence-corrected chi connectivity index (χ1v) is 9.23. The molecule has 1 saturated heterocycles. The highest BCUT2D eigenvalue weighted by Gasteiger charge is 2.34.